The number of ether oxygens (including phenoxy) is 1. The van der Waals surface area contributed by atoms with Crippen molar-refractivity contribution in [2.75, 3.05) is 26.0 Å². The molecule has 0 heterocycles. The second-order valence-electron chi connectivity index (χ2n) is 2.83. The minimum Gasteiger partial charge on any atom is -0.384 e. The molecule has 0 aliphatic carbocycles. The predicted molar refractivity (Wildman–Crippen MR) is 51.9 cm³/mol. The van der Waals surface area contributed by atoms with E-state index in [-0.39, 0.29) is 18.4 Å². The number of rotatable bonds is 7. The van der Waals surface area contributed by atoms with Crippen LogP contribution in [0.2, 0.25) is 0 Å². The average Bonchev–Trinajstić information content (AvgIpc) is 2.11. The van der Waals surface area contributed by atoms with Crippen LogP contribution in [0.15, 0.2) is 0 Å². The molecular formula is C7H18N2O3S. The Kier molecular flexibility index (Phi) is 6.23. The number of hydrogen-bond acceptors (Lipinski definition) is 4. The molecule has 5 nitrogen and oxygen atoms in total. The van der Waals surface area contributed by atoms with Crippen LogP contribution in [0.3, 0.4) is 0 Å². The molecule has 3 N–H and O–H groups in total. The summed E-state index contributed by atoms with van der Waals surface area (Å²) in [4.78, 5) is 0. The van der Waals surface area contributed by atoms with Crippen LogP contribution in [0.4, 0.5) is 0 Å². The highest BCUT2D eigenvalue weighted by molar-refractivity contribution is 7.89. The molecule has 0 aromatic rings. The van der Waals surface area contributed by atoms with Crippen LogP contribution < -0.4 is 10.5 Å². The van der Waals surface area contributed by atoms with Crippen molar-refractivity contribution in [3.05, 3.63) is 0 Å². The van der Waals surface area contributed by atoms with Crippen molar-refractivity contribution >= 4 is 10.0 Å². The summed E-state index contributed by atoms with van der Waals surface area (Å²) < 4.78 is 29.4. The van der Waals surface area contributed by atoms with Gasteiger partial charge in [-0.05, 0) is 6.42 Å². The van der Waals surface area contributed by atoms with Crippen LogP contribution in [0.5, 0.6) is 0 Å². The number of methoxy groups -OCH3 is 1. The first-order chi connectivity index (χ1) is 6.02. The van der Waals surface area contributed by atoms with Gasteiger partial charge < -0.3 is 10.5 Å². The number of hydrogen-bond donors (Lipinski definition) is 2. The van der Waals surface area contributed by atoms with Gasteiger partial charge in [-0.25, -0.2) is 13.1 Å². The lowest BCUT2D eigenvalue weighted by Crippen LogP contribution is -2.38. The fraction of sp³-hybridized carbons (Fsp3) is 1.00. The molecule has 0 spiro atoms. The zero-order valence-electron chi connectivity index (χ0n) is 8.12. The Bertz CT molecular complexity index is 216. The summed E-state index contributed by atoms with van der Waals surface area (Å²) in [7, 11) is -1.74. The molecule has 0 amide bonds. The smallest absolute Gasteiger partial charge is 0.213 e. The predicted octanol–water partition coefficient (Wildman–Crippen LogP) is -0.710. The van der Waals surface area contributed by atoms with E-state index < -0.39 is 10.0 Å². The van der Waals surface area contributed by atoms with Crippen molar-refractivity contribution in [3.8, 4) is 0 Å². The third-order valence-electron chi connectivity index (χ3n) is 1.65. The molecule has 0 aromatic heterocycles. The van der Waals surface area contributed by atoms with Gasteiger partial charge in [0.05, 0.1) is 12.4 Å². The van der Waals surface area contributed by atoms with Crippen molar-refractivity contribution in [1.29, 1.82) is 0 Å². The summed E-state index contributed by atoms with van der Waals surface area (Å²) in [5.41, 5.74) is 5.55. The SMILES string of the molecule is CCC(N)CNS(=O)(=O)CCOC. The van der Waals surface area contributed by atoms with Gasteiger partial charge >= 0.3 is 0 Å². The monoisotopic (exact) mass is 210 g/mol. The minimum atomic E-state index is -3.20. The summed E-state index contributed by atoms with van der Waals surface area (Å²) in [6.07, 6.45) is 0.757. The maximum Gasteiger partial charge on any atom is 0.213 e. The van der Waals surface area contributed by atoms with E-state index >= 15 is 0 Å². The van der Waals surface area contributed by atoms with Gasteiger partial charge in [-0.15, -0.1) is 0 Å². The Morgan fingerprint density at radius 3 is 2.62 bits per heavy atom. The van der Waals surface area contributed by atoms with Crippen LogP contribution in [0.25, 0.3) is 0 Å². The lowest BCUT2D eigenvalue weighted by Gasteiger charge is -2.10. The molecule has 0 aliphatic heterocycles. The zero-order chi connectivity index (χ0) is 10.3. The van der Waals surface area contributed by atoms with Crippen LogP contribution in [0.1, 0.15) is 13.3 Å². The maximum absolute atomic E-state index is 11.2. The Morgan fingerprint density at radius 1 is 1.54 bits per heavy atom. The summed E-state index contributed by atoms with van der Waals surface area (Å²) in [5, 5.41) is 0. The highest BCUT2D eigenvalue weighted by Gasteiger charge is 2.10. The summed E-state index contributed by atoms with van der Waals surface area (Å²) in [5.74, 6) is -0.0140. The third-order valence-corrected chi connectivity index (χ3v) is 2.96. The topological polar surface area (TPSA) is 81.4 Å². The Hall–Kier alpha value is -0.170. The molecule has 0 radical (unpaired) electrons. The van der Waals surface area contributed by atoms with E-state index in [0.29, 0.717) is 6.54 Å². The zero-order valence-corrected chi connectivity index (χ0v) is 8.93. The first-order valence-corrected chi connectivity index (χ1v) is 5.89. The molecule has 0 bridgehead atoms. The molecule has 0 aliphatic rings. The van der Waals surface area contributed by atoms with E-state index in [1.54, 1.807) is 0 Å². The van der Waals surface area contributed by atoms with E-state index in [4.69, 9.17) is 5.73 Å². The van der Waals surface area contributed by atoms with Gasteiger partial charge in [0.1, 0.15) is 0 Å². The fourth-order valence-electron chi connectivity index (χ4n) is 0.644. The van der Waals surface area contributed by atoms with E-state index in [1.807, 2.05) is 6.92 Å². The standard InChI is InChI=1S/C7H18N2O3S/c1-3-7(8)6-9-13(10,11)5-4-12-2/h7,9H,3-6,8H2,1-2H3. The van der Waals surface area contributed by atoms with Crippen LogP contribution in [-0.4, -0.2) is 40.5 Å². The van der Waals surface area contributed by atoms with Crippen LogP contribution in [0, 0.1) is 0 Å². The molecule has 0 rings (SSSR count). The molecule has 13 heavy (non-hydrogen) atoms. The quantitative estimate of drug-likeness (QED) is 0.581. The van der Waals surface area contributed by atoms with E-state index in [9.17, 15) is 8.42 Å². The molecule has 6 heteroatoms. The largest absolute Gasteiger partial charge is 0.384 e. The average molecular weight is 210 g/mol. The van der Waals surface area contributed by atoms with Crippen molar-refractivity contribution in [2.24, 2.45) is 5.73 Å². The third kappa shape index (κ3) is 6.94. The van der Waals surface area contributed by atoms with Gasteiger partial charge in [-0.2, -0.15) is 0 Å². The highest BCUT2D eigenvalue weighted by Crippen LogP contribution is 1.88. The van der Waals surface area contributed by atoms with Gasteiger partial charge in [0.2, 0.25) is 10.0 Å². The lowest BCUT2D eigenvalue weighted by molar-refractivity contribution is 0.217. The summed E-state index contributed by atoms with van der Waals surface area (Å²) in [6.45, 7) is 2.41. The maximum atomic E-state index is 11.2. The molecule has 1 atom stereocenters. The lowest BCUT2D eigenvalue weighted by atomic mass is 10.2. The fourth-order valence-corrected chi connectivity index (χ4v) is 1.64. The van der Waals surface area contributed by atoms with Crippen LogP contribution in [-0.2, 0) is 14.8 Å². The van der Waals surface area contributed by atoms with Gasteiger partial charge in [-0.1, -0.05) is 6.92 Å². The first kappa shape index (κ1) is 12.8. The number of sulfonamides is 1. The number of nitrogens with one attached hydrogen (secondary N) is 1. The van der Waals surface area contributed by atoms with E-state index in [2.05, 4.69) is 9.46 Å². The van der Waals surface area contributed by atoms with Gasteiger partial charge in [0, 0.05) is 19.7 Å². The summed E-state index contributed by atoms with van der Waals surface area (Å²) in [6, 6.07) is -0.114. The van der Waals surface area contributed by atoms with Gasteiger partial charge in [0.25, 0.3) is 0 Å². The minimum absolute atomic E-state index is 0.0140. The second kappa shape index (κ2) is 6.31. The molecule has 0 fully saturated rings. The van der Waals surface area contributed by atoms with Crippen molar-refractivity contribution in [2.45, 2.75) is 19.4 Å². The highest BCUT2D eigenvalue weighted by atomic mass is 32.2. The van der Waals surface area contributed by atoms with Crippen molar-refractivity contribution in [1.82, 2.24) is 4.72 Å². The van der Waals surface area contributed by atoms with E-state index in [0.717, 1.165) is 6.42 Å². The van der Waals surface area contributed by atoms with Crippen LogP contribution >= 0.6 is 0 Å². The molecule has 1 unspecified atom stereocenters. The first-order valence-electron chi connectivity index (χ1n) is 4.23. The molecule has 0 saturated carbocycles. The van der Waals surface area contributed by atoms with Crippen molar-refractivity contribution < 1.29 is 13.2 Å². The number of nitrogens with two attached hydrogens (primary N) is 1. The second-order valence-corrected chi connectivity index (χ2v) is 4.75. The normalized spacial score (nSPS) is 14.4. The van der Waals surface area contributed by atoms with E-state index in [1.165, 1.54) is 7.11 Å². The van der Waals surface area contributed by atoms with Crippen molar-refractivity contribution in [3.63, 3.8) is 0 Å². The molecular weight excluding hydrogens is 192 g/mol. The Balaban J connectivity index is 3.76. The Morgan fingerprint density at radius 2 is 2.15 bits per heavy atom. The molecule has 0 saturated heterocycles. The Labute approximate surface area is 79.7 Å². The molecule has 80 valence electrons. The summed E-state index contributed by atoms with van der Waals surface area (Å²) >= 11 is 0. The van der Waals surface area contributed by atoms with Gasteiger partial charge in [-0.3, -0.25) is 0 Å². The molecule has 0 aromatic carbocycles. The van der Waals surface area contributed by atoms with Gasteiger partial charge in [0.15, 0.2) is 0 Å².